The Morgan fingerprint density at radius 3 is 2.22 bits per heavy atom. The van der Waals surface area contributed by atoms with Crippen LogP contribution < -0.4 is 10.1 Å². The summed E-state index contributed by atoms with van der Waals surface area (Å²) in [7, 11) is 0. The number of ether oxygens (including phenoxy) is 1. The van der Waals surface area contributed by atoms with E-state index in [4.69, 9.17) is 4.74 Å². The Bertz CT molecular complexity index is 1950. The van der Waals surface area contributed by atoms with Gasteiger partial charge in [-0.2, -0.15) is 0 Å². The zero-order valence-corrected chi connectivity index (χ0v) is 23.9. The van der Waals surface area contributed by atoms with Gasteiger partial charge in [-0.25, -0.2) is 0 Å². The number of amides is 1. The van der Waals surface area contributed by atoms with Crippen molar-refractivity contribution in [1.29, 1.82) is 0 Å². The molecule has 0 saturated carbocycles. The van der Waals surface area contributed by atoms with E-state index in [1.54, 1.807) is 29.3 Å². The van der Waals surface area contributed by atoms with Gasteiger partial charge >= 0.3 is 5.97 Å². The lowest BCUT2D eigenvalue weighted by atomic mass is 9.62. The van der Waals surface area contributed by atoms with Crippen LogP contribution in [0.25, 0.3) is 6.08 Å². The van der Waals surface area contributed by atoms with Gasteiger partial charge in [0.2, 0.25) is 5.91 Å². The minimum atomic E-state index is -1.53. The van der Waals surface area contributed by atoms with Crippen LogP contribution in [0.3, 0.4) is 0 Å². The average Bonchev–Trinajstić information content (AvgIpc) is 3.52. The Labute approximate surface area is 257 Å². The van der Waals surface area contributed by atoms with E-state index in [1.807, 2.05) is 36.4 Å². The standard InChI is InChI=1S/C35H25N3O7/c1-20(39)45-25-16-12-23(13-17-25)32(41)30-29(31(40)22-10-14-24(15-11-22)38(43)44)35(27-8-4-5-9-28(27)36-34(35)42)33-26-7-3-2-6-21(26)18-19-37(30)33/h2-19,29-30,33H,1H3,(H,36,42). The molecule has 1 N–H and O–H groups in total. The minimum absolute atomic E-state index is 0.141. The number of carbonyl (C=O) groups is 4. The summed E-state index contributed by atoms with van der Waals surface area (Å²) in [6.45, 7) is 1.27. The molecule has 1 amide bonds. The lowest BCUT2D eigenvalue weighted by molar-refractivity contribution is -0.384. The summed E-state index contributed by atoms with van der Waals surface area (Å²) in [5.41, 5.74) is 1.46. The molecule has 10 nitrogen and oxygen atoms in total. The van der Waals surface area contributed by atoms with Crippen molar-refractivity contribution < 1.29 is 28.8 Å². The van der Waals surface area contributed by atoms with E-state index < -0.39 is 51.8 Å². The fourth-order valence-corrected chi connectivity index (χ4v) is 7.12. The topological polar surface area (TPSA) is 136 Å². The Morgan fingerprint density at radius 2 is 1.51 bits per heavy atom. The number of hydrogen-bond donors (Lipinski definition) is 1. The number of hydrogen-bond acceptors (Lipinski definition) is 8. The van der Waals surface area contributed by atoms with E-state index in [0.29, 0.717) is 11.3 Å². The molecule has 0 radical (unpaired) electrons. The summed E-state index contributed by atoms with van der Waals surface area (Å²) in [5, 5.41) is 14.4. The van der Waals surface area contributed by atoms with Crippen LogP contribution >= 0.6 is 0 Å². The van der Waals surface area contributed by atoms with Gasteiger partial charge < -0.3 is 15.0 Å². The predicted octanol–water partition coefficient (Wildman–Crippen LogP) is 5.50. The molecule has 3 aliphatic heterocycles. The van der Waals surface area contributed by atoms with Gasteiger partial charge in [0.05, 0.1) is 16.9 Å². The van der Waals surface area contributed by atoms with Crippen molar-refractivity contribution in [3.8, 4) is 5.75 Å². The molecular formula is C35H25N3O7. The quantitative estimate of drug-likeness (QED) is 0.101. The molecule has 0 bridgehead atoms. The van der Waals surface area contributed by atoms with E-state index in [2.05, 4.69) is 5.32 Å². The zero-order valence-electron chi connectivity index (χ0n) is 23.9. The summed E-state index contributed by atoms with van der Waals surface area (Å²) in [4.78, 5) is 68.0. The molecule has 45 heavy (non-hydrogen) atoms. The SMILES string of the molecule is CC(=O)Oc1ccc(C(=O)C2C(C(=O)c3ccc([N+](=O)[O-])cc3)C3(C(=O)Nc4ccccc43)C3c4ccccc4C=CN23)cc1. The molecule has 3 heterocycles. The van der Waals surface area contributed by atoms with E-state index >= 15 is 0 Å². The van der Waals surface area contributed by atoms with Crippen LogP contribution in [-0.2, 0) is 15.0 Å². The molecule has 0 aromatic heterocycles. The van der Waals surface area contributed by atoms with Gasteiger partial charge in [-0.05, 0) is 65.2 Å². The lowest BCUT2D eigenvalue weighted by Gasteiger charge is -2.38. The van der Waals surface area contributed by atoms with Gasteiger partial charge in [0.15, 0.2) is 11.6 Å². The predicted molar refractivity (Wildman–Crippen MR) is 164 cm³/mol. The van der Waals surface area contributed by atoms with Crippen LogP contribution in [0.1, 0.15) is 50.4 Å². The van der Waals surface area contributed by atoms with Crippen molar-refractivity contribution in [1.82, 2.24) is 4.90 Å². The minimum Gasteiger partial charge on any atom is -0.427 e. The van der Waals surface area contributed by atoms with Gasteiger partial charge in [0.1, 0.15) is 17.2 Å². The summed E-state index contributed by atoms with van der Waals surface area (Å²) in [6.07, 6.45) is 3.63. The van der Waals surface area contributed by atoms with Crippen molar-refractivity contribution in [2.24, 2.45) is 5.92 Å². The zero-order chi connectivity index (χ0) is 31.5. The van der Waals surface area contributed by atoms with Gasteiger partial charge in [-0.3, -0.25) is 29.3 Å². The van der Waals surface area contributed by atoms with Gasteiger partial charge in [-0.15, -0.1) is 0 Å². The van der Waals surface area contributed by atoms with Crippen LogP contribution in [-0.4, -0.2) is 39.3 Å². The third kappa shape index (κ3) is 4.17. The van der Waals surface area contributed by atoms with E-state index in [1.165, 1.54) is 55.5 Å². The molecule has 7 rings (SSSR count). The molecule has 1 saturated heterocycles. The number of benzene rings is 4. The largest absolute Gasteiger partial charge is 0.427 e. The normalized spacial score (nSPS) is 22.3. The molecule has 10 heteroatoms. The van der Waals surface area contributed by atoms with Gasteiger partial charge in [0.25, 0.3) is 5.69 Å². The molecule has 222 valence electrons. The van der Waals surface area contributed by atoms with Crippen molar-refractivity contribution in [2.45, 2.75) is 24.4 Å². The van der Waals surface area contributed by atoms with Crippen molar-refractivity contribution in [2.75, 3.05) is 5.32 Å². The highest BCUT2D eigenvalue weighted by Crippen LogP contribution is 2.62. The first-order valence-corrected chi connectivity index (χ1v) is 14.3. The number of rotatable bonds is 6. The van der Waals surface area contributed by atoms with E-state index in [-0.39, 0.29) is 22.6 Å². The van der Waals surface area contributed by atoms with Crippen LogP contribution in [0.4, 0.5) is 11.4 Å². The third-order valence-electron chi connectivity index (χ3n) is 8.88. The number of nitro benzene ring substituents is 1. The smallest absolute Gasteiger partial charge is 0.308 e. The highest BCUT2D eigenvalue weighted by molar-refractivity contribution is 6.16. The van der Waals surface area contributed by atoms with Gasteiger partial charge in [0, 0.05) is 42.1 Å². The Kier molecular flexibility index (Phi) is 6.43. The second-order valence-corrected chi connectivity index (χ2v) is 11.2. The fraction of sp³-hybridized carbons (Fsp3) is 0.143. The molecule has 4 atom stereocenters. The van der Waals surface area contributed by atoms with E-state index in [0.717, 1.165) is 11.1 Å². The second-order valence-electron chi connectivity index (χ2n) is 11.2. The fourth-order valence-electron chi connectivity index (χ4n) is 7.12. The van der Waals surface area contributed by atoms with Crippen LogP contribution in [0.15, 0.2) is 103 Å². The molecule has 4 aromatic carbocycles. The molecule has 4 unspecified atom stereocenters. The number of nitro groups is 1. The first kappa shape index (κ1) is 27.9. The lowest BCUT2D eigenvalue weighted by Crippen LogP contribution is -2.49. The third-order valence-corrected chi connectivity index (χ3v) is 8.88. The number of nitrogens with one attached hydrogen (secondary N) is 1. The Hall–Kier alpha value is -5.90. The molecular weight excluding hydrogens is 574 g/mol. The summed E-state index contributed by atoms with van der Waals surface area (Å²) < 4.78 is 5.15. The maximum absolute atomic E-state index is 14.8. The number of fused-ring (bicyclic) bond motifs is 6. The number of esters is 1. The average molecular weight is 600 g/mol. The van der Waals surface area contributed by atoms with Crippen LogP contribution in [0.2, 0.25) is 0 Å². The number of non-ortho nitro benzene ring substituents is 1. The van der Waals surface area contributed by atoms with Crippen LogP contribution in [0, 0.1) is 16.0 Å². The first-order chi connectivity index (χ1) is 21.7. The molecule has 0 aliphatic carbocycles. The van der Waals surface area contributed by atoms with Gasteiger partial charge in [-0.1, -0.05) is 42.5 Å². The molecule has 1 spiro atoms. The first-order valence-electron chi connectivity index (χ1n) is 14.3. The summed E-state index contributed by atoms with van der Waals surface area (Å²) >= 11 is 0. The highest BCUT2D eigenvalue weighted by Gasteiger charge is 2.70. The number of anilines is 1. The Morgan fingerprint density at radius 1 is 0.867 bits per heavy atom. The van der Waals surface area contributed by atoms with Crippen molar-refractivity contribution >= 4 is 40.9 Å². The van der Waals surface area contributed by atoms with Crippen molar-refractivity contribution in [3.05, 3.63) is 141 Å². The highest BCUT2D eigenvalue weighted by atomic mass is 16.6. The van der Waals surface area contributed by atoms with Crippen molar-refractivity contribution in [3.63, 3.8) is 0 Å². The number of nitrogens with zero attached hydrogens (tertiary/aromatic N) is 2. The summed E-state index contributed by atoms with van der Waals surface area (Å²) in [5.74, 6) is -2.80. The van der Waals surface area contributed by atoms with Crippen LogP contribution in [0.5, 0.6) is 5.75 Å². The summed E-state index contributed by atoms with van der Waals surface area (Å²) in [6, 6.07) is 24.1. The second kappa shape index (κ2) is 10.4. The number of carbonyl (C=O) groups excluding carboxylic acids is 4. The molecule has 4 aromatic rings. The number of ketones is 2. The maximum Gasteiger partial charge on any atom is 0.308 e. The molecule has 3 aliphatic rings. The van der Waals surface area contributed by atoms with E-state index in [9.17, 15) is 29.3 Å². The monoisotopic (exact) mass is 599 g/mol. The maximum atomic E-state index is 14.8. The molecule has 1 fully saturated rings. The number of Topliss-reactive ketones (excluding diaryl/α,β-unsaturated/α-hetero) is 2. The Balaban J connectivity index is 1.47. The number of para-hydroxylation sites is 1.